The van der Waals surface area contributed by atoms with E-state index in [1.54, 1.807) is 0 Å². The molecule has 4 aliphatic rings. The summed E-state index contributed by atoms with van der Waals surface area (Å²) in [6, 6.07) is 46.6. The van der Waals surface area contributed by atoms with Crippen LogP contribution in [0.2, 0.25) is 0 Å². The molecule has 4 aromatic carbocycles. The summed E-state index contributed by atoms with van der Waals surface area (Å²) in [5.74, 6) is 0. The number of aromatic amines is 1. The summed E-state index contributed by atoms with van der Waals surface area (Å²) in [6.07, 6.45) is 13.1. The molecule has 4 heteroatoms. The number of nitrogens with zero attached hydrogens (tertiary/aromatic N) is 2. The molecule has 0 aliphatic carbocycles. The number of aliphatic imine (C=N–C) groups is 2. The fourth-order valence-corrected chi connectivity index (χ4v) is 6.95. The molecule has 0 saturated heterocycles. The number of allylic oxidation sites excluding steroid dienone is 8. The predicted molar refractivity (Wildman–Crippen MR) is 196 cm³/mol. The van der Waals surface area contributed by atoms with Gasteiger partial charge in [-0.15, -0.1) is 0 Å². The predicted octanol–water partition coefficient (Wildman–Crippen LogP) is 6.62. The van der Waals surface area contributed by atoms with Crippen LogP contribution < -0.4 is 16.0 Å². The number of H-pyrrole nitrogens is 1. The van der Waals surface area contributed by atoms with Crippen LogP contribution in [0.4, 0.5) is 0 Å². The smallest absolute Gasteiger partial charge is 0.145 e. The lowest BCUT2D eigenvalue weighted by Gasteiger charge is -2.10. The van der Waals surface area contributed by atoms with Crippen LogP contribution in [0.15, 0.2) is 203 Å². The second-order valence-corrected chi connectivity index (χ2v) is 12.1. The maximum absolute atomic E-state index is 5.37. The third-order valence-electron chi connectivity index (χ3n) is 9.11. The molecule has 0 saturated carbocycles. The molecular formula is C44H31N4+. The zero-order chi connectivity index (χ0) is 31.9. The van der Waals surface area contributed by atoms with E-state index in [2.05, 4.69) is 180 Å². The lowest BCUT2D eigenvalue weighted by Crippen LogP contribution is -2.74. The molecule has 8 bridgehead atoms. The van der Waals surface area contributed by atoms with Crippen LogP contribution in [-0.4, -0.2) is 16.4 Å². The number of hydrogen-bond acceptors (Lipinski definition) is 2. The van der Waals surface area contributed by atoms with E-state index in [9.17, 15) is 0 Å². The topological polar surface area (TPSA) is 57.1 Å². The Hall–Kier alpha value is -6.36. The van der Waals surface area contributed by atoms with Crippen LogP contribution in [0.5, 0.6) is 0 Å². The number of aromatic nitrogens is 1. The number of rotatable bonds is 4. The number of nitrogens with one attached hydrogen (secondary N) is 1. The van der Waals surface area contributed by atoms with E-state index in [0.717, 1.165) is 89.3 Å². The van der Waals surface area contributed by atoms with Crippen molar-refractivity contribution in [2.75, 3.05) is 0 Å². The molecule has 0 spiro atoms. The van der Waals surface area contributed by atoms with E-state index >= 15 is 0 Å². The summed E-state index contributed by atoms with van der Waals surface area (Å²) in [6.45, 7) is 0. The van der Waals surface area contributed by atoms with Crippen molar-refractivity contribution >= 4 is 33.7 Å². The van der Waals surface area contributed by atoms with Gasteiger partial charge in [-0.1, -0.05) is 121 Å². The Kier molecular flexibility index (Phi) is 6.85. The standard InChI is InChI=1S/C44H30N4/c1-5-13-29(14-6-1)41-33-27-40(45-28-33)44(32-19-11-4-12-20-32)39-26-25-38(48-39)43(31-17-9-3-10-18-31)37-24-23-36(47-37)42(30-15-7-2-8-16-30)35-22-21-34(41)46-35/h1-28,45,47H/p+1. The van der Waals surface area contributed by atoms with Gasteiger partial charge in [-0.25, -0.2) is 9.98 Å². The van der Waals surface area contributed by atoms with Crippen LogP contribution in [0.3, 0.4) is 0 Å². The first-order valence-electron chi connectivity index (χ1n) is 16.3. The molecular weight excluding hydrogens is 585 g/mol. The van der Waals surface area contributed by atoms with Gasteiger partial charge in [0.1, 0.15) is 11.9 Å². The summed E-state index contributed by atoms with van der Waals surface area (Å²) >= 11 is 0. The van der Waals surface area contributed by atoms with Gasteiger partial charge in [-0.3, -0.25) is 5.32 Å². The van der Waals surface area contributed by atoms with E-state index < -0.39 is 0 Å². The van der Waals surface area contributed by atoms with E-state index in [-0.39, 0.29) is 0 Å². The van der Waals surface area contributed by atoms with Crippen LogP contribution in [0.25, 0.3) is 22.3 Å². The summed E-state index contributed by atoms with van der Waals surface area (Å²) in [5.41, 5.74) is 14.7. The zero-order valence-corrected chi connectivity index (χ0v) is 26.1. The van der Waals surface area contributed by atoms with E-state index in [1.165, 1.54) is 0 Å². The normalized spacial score (nSPS) is 16.8. The summed E-state index contributed by atoms with van der Waals surface area (Å²) in [5, 5.41) is 4.22. The Balaban J connectivity index is 1.41. The Bertz CT molecular complexity index is 2470. The van der Waals surface area contributed by atoms with Gasteiger partial charge in [-0.2, -0.15) is 0 Å². The zero-order valence-electron chi connectivity index (χ0n) is 26.1. The van der Waals surface area contributed by atoms with Gasteiger partial charge in [0.2, 0.25) is 0 Å². The van der Waals surface area contributed by atoms with Crippen molar-refractivity contribution in [1.82, 2.24) is 4.98 Å². The van der Waals surface area contributed by atoms with Crippen molar-refractivity contribution in [2.45, 2.75) is 0 Å². The monoisotopic (exact) mass is 615 g/mol. The van der Waals surface area contributed by atoms with Gasteiger partial charge >= 0.3 is 0 Å². The molecule has 1 aromatic heterocycles. The van der Waals surface area contributed by atoms with Gasteiger partial charge in [0.25, 0.3) is 0 Å². The number of fused-ring (bicyclic) bond motifs is 5. The van der Waals surface area contributed by atoms with Crippen LogP contribution >= 0.6 is 0 Å². The first-order chi connectivity index (χ1) is 23.8. The molecule has 0 fully saturated rings. The van der Waals surface area contributed by atoms with Gasteiger partial charge in [-0.05, 0) is 58.7 Å². The lowest BCUT2D eigenvalue weighted by atomic mass is 9.94. The molecule has 0 amide bonds. The Morgan fingerprint density at radius 2 is 0.833 bits per heavy atom. The third kappa shape index (κ3) is 4.92. The van der Waals surface area contributed by atoms with Crippen molar-refractivity contribution in [2.24, 2.45) is 9.98 Å². The Morgan fingerprint density at radius 3 is 1.31 bits per heavy atom. The van der Waals surface area contributed by atoms with Crippen LogP contribution in [-0.2, 0) is 0 Å². The number of quaternary nitrogens is 1. The molecule has 5 heterocycles. The van der Waals surface area contributed by atoms with Crippen molar-refractivity contribution in [3.63, 3.8) is 0 Å². The molecule has 4 aliphatic heterocycles. The Labute approximate surface area is 279 Å². The average Bonchev–Trinajstić information content (AvgIpc) is 3.98. The minimum absolute atomic E-state index is 0.920. The molecule has 48 heavy (non-hydrogen) atoms. The Morgan fingerprint density at radius 1 is 0.417 bits per heavy atom. The lowest BCUT2D eigenvalue weighted by molar-refractivity contribution is -0.523. The molecule has 0 atom stereocenters. The first kappa shape index (κ1) is 27.9. The van der Waals surface area contributed by atoms with E-state index in [0.29, 0.717) is 0 Å². The van der Waals surface area contributed by atoms with Crippen molar-refractivity contribution in [1.29, 1.82) is 0 Å². The van der Waals surface area contributed by atoms with Crippen molar-refractivity contribution in [3.8, 4) is 0 Å². The third-order valence-corrected chi connectivity index (χ3v) is 9.11. The molecule has 5 aromatic rings. The fourth-order valence-electron chi connectivity index (χ4n) is 6.95. The largest absolute Gasteiger partial charge is 0.354 e. The molecule has 9 rings (SSSR count). The van der Waals surface area contributed by atoms with Crippen molar-refractivity contribution < 1.29 is 5.32 Å². The first-order valence-corrected chi connectivity index (χ1v) is 16.3. The summed E-state index contributed by atoms with van der Waals surface area (Å²) < 4.78 is 0. The summed E-state index contributed by atoms with van der Waals surface area (Å²) in [7, 11) is 0. The highest BCUT2D eigenvalue weighted by Crippen LogP contribution is 2.36. The van der Waals surface area contributed by atoms with Crippen LogP contribution in [0.1, 0.15) is 22.3 Å². The van der Waals surface area contributed by atoms with Gasteiger partial charge in [0.05, 0.1) is 28.4 Å². The van der Waals surface area contributed by atoms with Gasteiger partial charge < -0.3 is 4.98 Å². The van der Waals surface area contributed by atoms with Gasteiger partial charge in [0.15, 0.2) is 0 Å². The summed E-state index contributed by atoms with van der Waals surface area (Å²) in [4.78, 5) is 14.5. The molecule has 0 unspecified atom stereocenters. The highest BCUT2D eigenvalue weighted by atomic mass is 14.9. The molecule has 3 N–H and O–H groups in total. The molecule has 226 valence electrons. The van der Waals surface area contributed by atoms with Gasteiger partial charge in [0, 0.05) is 39.1 Å². The van der Waals surface area contributed by atoms with Crippen LogP contribution in [0, 0.1) is 0 Å². The number of hydrogen-bond donors (Lipinski definition) is 2. The fraction of sp³-hybridized carbons (Fsp3) is 0. The number of benzene rings is 4. The number of nitrogens with two attached hydrogens (primary N) is 1. The minimum Gasteiger partial charge on any atom is -0.354 e. The average molecular weight is 616 g/mol. The van der Waals surface area contributed by atoms with E-state index in [4.69, 9.17) is 9.98 Å². The minimum atomic E-state index is 0.920. The second-order valence-electron chi connectivity index (χ2n) is 12.1. The van der Waals surface area contributed by atoms with Crippen molar-refractivity contribution in [3.05, 3.63) is 226 Å². The highest BCUT2D eigenvalue weighted by Gasteiger charge is 2.27. The highest BCUT2D eigenvalue weighted by molar-refractivity contribution is 6.31. The maximum atomic E-state index is 5.37. The van der Waals surface area contributed by atoms with E-state index in [1.807, 2.05) is 0 Å². The quantitative estimate of drug-likeness (QED) is 0.229. The second kappa shape index (κ2) is 11.8. The molecule has 4 nitrogen and oxygen atoms in total. The molecule has 0 radical (unpaired) electrons. The maximum Gasteiger partial charge on any atom is 0.145 e. The SMILES string of the molecule is C1=CC2=C(c3ccccc3)C3=C[NH2+]C(=C3)C(c3ccccc3)=C3C=CC(=N3)C(c3ccccc3)=c3ccc([nH]3)=C(c3ccccc3)C1=N2.